The first-order valence-electron chi connectivity index (χ1n) is 5.62. The second-order valence-corrected chi connectivity index (χ2v) is 5.48. The lowest BCUT2D eigenvalue weighted by molar-refractivity contribution is -0.120. The summed E-state index contributed by atoms with van der Waals surface area (Å²) in [6.07, 6.45) is 4.57. The number of carbonyl (C=O) groups is 1. The zero-order chi connectivity index (χ0) is 12.0. The standard InChI is InChI=1S/C11H11Cl2N3O/c12-8-9(13)14-4-15-10(8)16-11(17)7-2-5-1-6(5)3-7/h4-7H,1-3H2,(H,14,15,16,17). The molecule has 1 aromatic heterocycles. The Hall–Kier alpha value is -0.870. The second-order valence-electron chi connectivity index (χ2n) is 4.74. The number of hydrogen-bond donors (Lipinski definition) is 1. The second kappa shape index (κ2) is 4.10. The number of amides is 1. The van der Waals surface area contributed by atoms with Gasteiger partial charge in [0.25, 0.3) is 0 Å². The molecule has 17 heavy (non-hydrogen) atoms. The molecule has 2 atom stereocenters. The Morgan fingerprint density at radius 3 is 2.65 bits per heavy atom. The number of carbonyl (C=O) groups excluding carboxylic acids is 1. The zero-order valence-electron chi connectivity index (χ0n) is 8.99. The summed E-state index contributed by atoms with van der Waals surface area (Å²) in [6.45, 7) is 0. The fourth-order valence-electron chi connectivity index (χ4n) is 2.58. The Morgan fingerprint density at radius 1 is 1.24 bits per heavy atom. The van der Waals surface area contributed by atoms with E-state index in [0.29, 0.717) is 5.82 Å². The van der Waals surface area contributed by atoms with Crippen molar-refractivity contribution in [3.05, 3.63) is 16.5 Å². The van der Waals surface area contributed by atoms with E-state index < -0.39 is 0 Å². The van der Waals surface area contributed by atoms with Crippen LogP contribution in [0.5, 0.6) is 0 Å². The van der Waals surface area contributed by atoms with E-state index in [1.54, 1.807) is 0 Å². The van der Waals surface area contributed by atoms with Crippen molar-refractivity contribution in [1.29, 1.82) is 0 Å². The largest absolute Gasteiger partial charge is 0.309 e. The van der Waals surface area contributed by atoms with Gasteiger partial charge < -0.3 is 5.32 Å². The number of nitrogens with zero attached hydrogens (tertiary/aromatic N) is 2. The SMILES string of the molecule is O=C(Nc1ncnc(Cl)c1Cl)C1CC2CC2C1. The maximum Gasteiger partial charge on any atom is 0.228 e. The molecule has 0 bridgehead atoms. The molecule has 2 aliphatic rings. The van der Waals surface area contributed by atoms with Crippen LogP contribution in [0, 0.1) is 17.8 Å². The summed E-state index contributed by atoms with van der Waals surface area (Å²) in [7, 11) is 0. The summed E-state index contributed by atoms with van der Waals surface area (Å²) in [5.41, 5.74) is 0. The average Bonchev–Trinajstić information content (AvgIpc) is 2.92. The predicted molar refractivity (Wildman–Crippen MR) is 65.0 cm³/mol. The van der Waals surface area contributed by atoms with Crippen molar-refractivity contribution in [3.63, 3.8) is 0 Å². The molecule has 90 valence electrons. The molecule has 2 saturated carbocycles. The highest BCUT2D eigenvalue weighted by Gasteiger charge is 2.48. The van der Waals surface area contributed by atoms with Gasteiger partial charge in [-0.15, -0.1) is 0 Å². The number of fused-ring (bicyclic) bond motifs is 1. The van der Waals surface area contributed by atoms with Crippen molar-refractivity contribution in [2.24, 2.45) is 17.8 Å². The van der Waals surface area contributed by atoms with Gasteiger partial charge in [0, 0.05) is 5.92 Å². The number of halogens is 2. The van der Waals surface area contributed by atoms with Crippen molar-refractivity contribution >= 4 is 34.9 Å². The van der Waals surface area contributed by atoms with Crippen molar-refractivity contribution in [1.82, 2.24) is 9.97 Å². The van der Waals surface area contributed by atoms with Gasteiger partial charge in [0.2, 0.25) is 5.91 Å². The highest BCUT2D eigenvalue weighted by molar-refractivity contribution is 6.42. The molecule has 1 aromatic rings. The van der Waals surface area contributed by atoms with Gasteiger partial charge in [-0.3, -0.25) is 4.79 Å². The summed E-state index contributed by atoms with van der Waals surface area (Å²) in [5.74, 6) is 1.94. The fourth-order valence-corrected chi connectivity index (χ4v) is 2.86. The Kier molecular flexibility index (Phi) is 2.71. The minimum Gasteiger partial charge on any atom is -0.309 e. The van der Waals surface area contributed by atoms with Crippen molar-refractivity contribution in [2.75, 3.05) is 5.32 Å². The minimum absolute atomic E-state index is 0.00568. The van der Waals surface area contributed by atoms with E-state index in [1.165, 1.54) is 12.7 Å². The average molecular weight is 272 g/mol. The lowest BCUT2D eigenvalue weighted by Gasteiger charge is -2.12. The molecule has 2 unspecified atom stereocenters. The van der Waals surface area contributed by atoms with Crippen LogP contribution in [0.4, 0.5) is 5.82 Å². The Bertz CT molecular complexity index is 470. The van der Waals surface area contributed by atoms with E-state index in [-0.39, 0.29) is 22.0 Å². The molecular weight excluding hydrogens is 261 g/mol. The van der Waals surface area contributed by atoms with Crippen LogP contribution in [-0.2, 0) is 4.79 Å². The van der Waals surface area contributed by atoms with Gasteiger partial charge in [-0.25, -0.2) is 9.97 Å². The number of hydrogen-bond acceptors (Lipinski definition) is 3. The van der Waals surface area contributed by atoms with Crippen LogP contribution in [0.15, 0.2) is 6.33 Å². The third kappa shape index (κ3) is 2.11. The van der Waals surface area contributed by atoms with Gasteiger partial charge in [-0.1, -0.05) is 23.2 Å². The van der Waals surface area contributed by atoms with E-state index in [4.69, 9.17) is 23.2 Å². The van der Waals surface area contributed by atoms with Crippen molar-refractivity contribution < 1.29 is 4.79 Å². The van der Waals surface area contributed by atoms with E-state index >= 15 is 0 Å². The first kappa shape index (κ1) is 11.2. The molecule has 0 saturated heterocycles. The molecule has 0 aromatic carbocycles. The highest BCUT2D eigenvalue weighted by Crippen LogP contribution is 2.54. The molecule has 2 fully saturated rings. The lowest BCUT2D eigenvalue weighted by Crippen LogP contribution is -2.22. The molecular formula is C11H11Cl2N3O. The number of anilines is 1. The fraction of sp³-hybridized carbons (Fsp3) is 0.545. The van der Waals surface area contributed by atoms with Gasteiger partial charge >= 0.3 is 0 Å². The molecule has 4 nitrogen and oxygen atoms in total. The van der Waals surface area contributed by atoms with Crippen LogP contribution in [0.25, 0.3) is 0 Å². The first-order chi connectivity index (χ1) is 8.15. The van der Waals surface area contributed by atoms with Crippen LogP contribution >= 0.6 is 23.2 Å². The van der Waals surface area contributed by atoms with Crippen LogP contribution in [0.3, 0.4) is 0 Å². The van der Waals surface area contributed by atoms with Crippen LogP contribution in [0.1, 0.15) is 19.3 Å². The monoisotopic (exact) mass is 271 g/mol. The normalized spacial score (nSPS) is 29.9. The van der Waals surface area contributed by atoms with Gasteiger partial charge in [0.05, 0.1) is 0 Å². The Balaban J connectivity index is 1.69. The van der Waals surface area contributed by atoms with E-state index in [9.17, 15) is 4.79 Å². The number of nitrogens with one attached hydrogen (secondary N) is 1. The maximum atomic E-state index is 12.0. The quantitative estimate of drug-likeness (QED) is 0.842. The van der Waals surface area contributed by atoms with E-state index in [2.05, 4.69) is 15.3 Å². The minimum atomic E-state index is -0.00568. The lowest BCUT2D eigenvalue weighted by atomic mass is 10.0. The van der Waals surface area contributed by atoms with E-state index in [0.717, 1.165) is 24.7 Å². The molecule has 1 N–H and O–H groups in total. The zero-order valence-corrected chi connectivity index (χ0v) is 10.5. The van der Waals surface area contributed by atoms with Gasteiger partial charge in [-0.05, 0) is 31.1 Å². The van der Waals surface area contributed by atoms with Crippen molar-refractivity contribution in [2.45, 2.75) is 19.3 Å². The number of aromatic nitrogens is 2. The summed E-state index contributed by atoms with van der Waals surface area (Å²) in [5, 5.41) is 3.09. The molecule has 2 aliphatic carbocycles. The van der Waals surface area contributed by atoms with Crippen LogP contribution in [-0.4, -0.2) is 15.9 Å². The van der Waals surface area contributed by atoms with Crippen LogP contribution in [0.2, 0.25) is 10.2 Å². The molecule has 1 amide bonds. The molecule has 0 aliphatic heterocycles. The van der Waals surface area contributed by atoms with Gasteiger partial charge in [-0.2, -0.15) is 0 Å². The Labute approximate surface area is 109 Å². The summed E-state index contributed by atoms with van der Waals surface area (Å²) in [4.78, 5) is 19.6. The smallest absolute Gasteiger partial charge is 0.228 e. The summed E-state index contributed by atoms with van der Waals surface area (Å²) in [6, 6.07) is 0. The maximum absolute atomic E-state index is 12.0. The Morgan fingerprint density at radius 2 is 1.94 bits per heavy atom. The topological polar surface area (TPSA) is 54.9 Å². The molecule has 0 spiro atoms. The highest BCUT2D eigenvalue weighted by atomic mass is 35.5. The first-order valence-corrected chi connectivity index (χ1v) is 6.37. The summed E-state index contributed by atoms with van der Waals surface area (Å²) < 4.78 is 0. The molecule has 1 heterocycles. The van der Waals surface area contributed by atoms with Gasteiger partial charge in [0.15, 0.2) is 11.0 Å². The predicted octanol–water partition coefficient (Wildman–Crippen LogP) is 2.77. The molecule has 3 rings (SSSR count). The van der Waals surface area contributed by atoms with Gasteiger partial charge in [0.1, 0.15) is 11.3 Å². The third-order valence-electron chi connectivity index (χ3n) is 3.60. The third-order valence-corrected chi connectivity index (χ3v) is 4.34. The van der Waals surface area contributed by atoms with Crippen molar-refractivity contribution in [3.8, 4) is 0 Å². The molecule has 6 heteroatoms. The van der Waals surface area contributed by atoms with E-state index in [1.807, 2.05) is 0 Å². The summed E-state index contributed by atoms with van der Waals surface area (Å²) >= 11 is 11.7. The molecule has 0 radical (unpaired) electrons. The van der Waals surface area contributed by atoms with Crippen LogP contribution < -0.4 is 5.32 Å². The number of rotatable bonds is 2.